The number of carbonyl (C=O) groups excluding carboxylic acids is 1. The second-order valence-electron chi connectivity index (χ2n) is 10.3. The quantitative estimate of drug-likeness (QED) is 0.403. The Kier molecular flexibility index (Phi) is 3.70. The zero-order chi connectivity index (χ0) is 18.3. The summed E-state index contributed by atoms with van der Waals surface area (Å²) in [6.45, 7) is 6.82. The van der Waals surface area contributed by atoms with E-state index in [1.165, 1.54) is 44.1 Å². The zero-order valence-electron chi connectivity index (χ0n) is 16.7. The smallest absolute Gasteiger partial charge is 0.313 e. The Labute approximate surface area is 157 Å². The summed E-state index contributed by atoms with van der Waals surface area (Å²) in [5.41, 5.74) is 1.72. The highest BCUT2D eigenvalue weighted by Gasteiger charge is 2.64. The Hall–Kier alpha value is -0.870. The van der Waals surface area contributed by atoms with Gasteiger partial charge in [-0.05, 0) is 46.0 Å². The first-order valence-electron chi connectivity index (χ1n) is 10.8. The molecule has 3 saturated heterocycles. The van der Waals surface area contributed by atoms with Gasteiger partial charge in [0, 0.05) is 31.1 Å². The van der Waals surface area contributed by atoms with Gasteiger partial charge in [0.2, 0.25) is 0 Å². The van der Waals surface area contributed by atoms with Gasteiger partial charge < -0.3 is 4.74 Å². The molecular formula is C22H34NO3+. The Morgan fingerprint density at radius 3 is 2.77 bits per heavy atom. The van der Waals surface area contributed by atoms with Gasteiger partial charge in [0.05, 0.1) is 13.0 Å². The lowest BCUT2D eigenvalue weighted by Crippen LogP contribution is -2.56. The number of quaternary nitrogens is 1. The van der Waals surface area contributed by atoms with Crippen molar-refractivity contribution < 1.29 is 19.0 Å². The molecule has 0 aromatic rings. The summed E-state index contributed by atoms with van der Waals surface area (Å²) in [7, 11) is 2.30. The highest BCUT2D eigenvalue weighted by molar-refractivity contribution is 5.78. The minimum absolute atomic E-state index is 0.00301. The molecule has 0 aromatic heterocycles. The molecule has 0 bridgehead atoms. The first-order chi connectivity index (χ1) is 12.3. The minimum Gasteiger partial charge on any atom is -0.462 e. The molecule has 3 aliphatic heterocycles. The van der Waals surface area contributed by atoms with Crippen LogP contribution in [0.15, 0.2) is 11.6 Å². The molecule has 1 saturated carbocycles. The van der Waals surface area contributed by atoms with Gasteiger partial charge in [0.1, 0.15) is 23.8 Å². The fourth-order valence-electron chi connectivity index (χ4n) is 7.09. The van der Waals surface area contributed by atoms with Crippen molar-refractivity contribution in [2.75, 3.05) is 7.05 Å². The number of hydrogen-bond acceptors (Lipinski definition) is 3. The number of hydrogen-bond donors (Lipinski definition) is 0. The van der Waals surface area contributed by atoms with Crippen molar-refractivity contribution in [1.82, 2.24) is 0 Å². The molecule has 26 heavy (non-hydrogen) atoms. The number of rotatable bonds is 1. The van der Waals surface area contributed by atoms with Crippen LogP contribution < -0.4 is 0 Å². The molecule has 0 radical (unpaired) electrons. The van der Waals surface area contributed by atoms with Crippen LogP contribution in [-0.4, -0.2) is 41.5 Å². The molecule has 0 N–H and O–H groups in total. The Balaban J connectivity index is 1.51. The summed E-state index contributed by atoms with van der Waals surface area (Å²) in [5.74, 6) is 1.31. The summed E-state index contributed by atoms with van der Waals surface area (Å²) < 4.78 is 6.48. The number of ether oxygens (including phenoxy) is 1. The van der Waals surface area contributed by atoms with Gasteiger partial charge in [0.15, 0.2) is 0 Å². The van der Waals surface area contributed by atoms with Crippen LogP contribution in [0.3, 0.4) is 0 Å². The molecule has 2 unspecified atom stereocenters. The second-order valence-corrected chi connectivity index (χ2v) is 10.3. The van der Waals surface area contributed by atoms with E-state index in [0.29, 0.717) is 23.8 Å². The molecular weight excluding hydrogens is 326 g/mol. The zero-order valence-corrected chi connectivity index (χ0v) is 16.7. The Bertz CT molecular complexity index is 656. The Morgan fingerprint density at radius 1 is 1.19 bits per heavy atom. The van der Waals surface area contributed by atoms with E-state index < -0.39 is 0 Å². The second kappa shape index (κ2) is 5.57. The minimum atomic E-state index is -0.0308. The van der Waals surface area contributed by atoms with Crippen LogP contribution >= 0.6 is 0 Å². The highest BCUT2D eigenvalue weighted by Crippen LogP contribution is 2.56. The number of fused-ring (bicyclic) bond motifs is 3. The van der Waals surface area contributed by atoms with Crippen LogP contribution in [0.4, 0.5) is 0 Å². The molecule has 3 heterocycles. The van der Waals surface area contributed by atoms with Crippen LogP contribution in [0.2, 0.25) is 0 Å². The summed E-state index contributed by atoms with van der Waals surface area (Å²) >= 11 is 0. The van der Waals surface area contributed by atoms with Crippen molar-refractivity contribution in [3.05, 3.63) is 11.6 Å². The van der Waals surface area contributed by atoms with E-state index in [1.54, 1.807) is 0 Å². The number of cyclic esters (lactones) is 1. The summed E-state index contributed by atoms with van der Waals surface area (Å²) in [4.78, 5) is 19.4. The van der Waals surface area contributed by atoms with Crippen molar-refractivity contribution in [2.45, 2.75) is 89.5 Å². The highest BCUT2D eigenvalue weighted by atomic mass is 16.7. The summed E-state index contributed by atoms with van der Waals surface area (Å²) in [6, 6.07) is 0.611. The fourth-order valence-corrected chi connectivity index (χ4v) is 7.09. The van der Waals surface area contributed by atoms with Gasteiger partial charge >= 0.3 is 5.97 Å². The van der Waals surface area contributed by atoms with E-state index in [4.69, 9.17) is 9.57 Å². The van der Waals surface area contributed by atoms with E-state index in [-0.39, 0.29) is 29.6 Å². The molecule has 144 valence electrons. The molecule has 2 aliphatic carbocycles. The van der Waals surface area contributed by atoms with Crippen molar-refractivity contribution in [1.29, 1.82) is 0 Å². The largest absolute Gasteiger partial charge is 0.462 e. The number of esters is 1. The third-order valence-electron chi connectivity index (χ3n) is 8.82. The summed E-state index contributed by atoms with van der Waals surface area (Å²) in [6.07, 6.45) is 11.3. The lowest BCUT2D eigenvalue weighted by Gasteiger charge is -2.45. The average molecular weight is 361 g/mol. The lowest BCUT2D eigenvalue weighted by molar-refractivity contribution is -1.12. The van der Waals surface area contributed by atoms with Gasteiger partial charge in [-0.15, -0.1) is 0 Å². The van der Waals surface area contributed by atoms with Crippen LogP contribution in [0.25, 0.3) is 0 Å². The standard InChI is InChI=1S/C22H34NO3/c1-13-19-17(21(24)25-13)11-14-7-5-6-8-16(14)20(19)18-12-15-9-10-22(2,3)23(15,4)26-18/h11,13,15-20H,5-10,12H2,1-4H3/q+1/t13-,15?,16-,17-,18-,19-,20-,23?/m0/s1. The molecule has 0 spiro atoms. The lowest BCUT2D eigenvalue weighted by atomic mass is 9.60. The molecule has 4 fully saturated rings. The van der Waals surface area contributed by atoms with Crippen molar-refractivity contribution >= 4 is 5.97 Å². The van der Waals surface area contributed by atoms with Gasteiger partial charge in [-0.2, -0.15) is 9.48 Å². The number of allylic oxidation sites excluding steroid dienone is 1. The number of hydroxylamine groups is 3. The van der Waals surface area contributed by atoms with Gasteiger partial charge in [-0.25, -0.2) is 0 Å². The third kappa shape index (κ3) is 2.18. The van der Waals surface area contributed by atoms with E-state index in [9.17, 15) is 4.79 Å². The van der Waals surface area contributed by atoms with Crippen molar-refractivity contribution in [3.63, 3.8) is 0 Å². The summed E-state index contributed by atoms with van der Waals surface area (Å²) in [5, 5.41) is 0. The average Bonchev–Trinajstić information content (AvgIpc) is 3.16. The molecule has 0 aromatic carbocycles. The maximum absolute atomic E-state index is 12.5. The topological polar surface area (TPSA) is 35.5 Å². The van der Waals surface area contributed by atoms with Crippen LogP contribution in [0, 0.1) is 23.7 Å². The van der Waals surface area contributed by atoms with E-state index >= 15 is 0 Å². The normalized spacial score (nSPS) is 52.1. The van der Waals surface area contributed by atoms with E-state index in [0.717, 1.165) is 11.1 Å². The van der Waals surface area contributed by atoms with Gasteiger partial charge in [-0.1, -0.05) is 18.1 Å². The van der Waals surface area contributed by atoms with E-state index in [1.807, 2.05) is 0 Å². The maximum Gasteiger partial charge on any atom is 0.313 e. The van der Waals surface area contributed by atoms with E-state index in [2.05, 4.69) is 33.9 Å². The molecule has 0 amide bonds. The number of nitrogens with zero attached hydrogens (tertiary/aromatic N) is 1. The predicted molar refractivity (Wildman–Crippen MR) is 98.8 cm³/mol. The first-order valence-corrected chi connectivity index (χ1v) is 10.8. The first kappa shape index (κ1) is 17.2. The molecule has 5 aliphatic rings. The van der Waals surface area contributed by atoms with Gasteiger partial charge in [0.25, 0.3) is 0 Å². The molecule has 4 nitrogen and oxygen atoms in total. The fraction of sp³-hybridized carbons (Fsp3) is 0.864. The van der Waals surface area contributed by atoms with Crippen LogP contribution in [0.5, 0.6) is 0 Å². The van der Waals surface area contributed by atoms with Crippen molar-refractivity contribution in [2.24, 2.45) is 23.7 Å². The number of carbonyl (C=O) groups is 1. The monoisotopic (exact) mass is 360 g/mol. The Morgan fingerprint density at radius 2 is 2.00 bits per heavy atom. The SMILES string of the molecule is C[C@@H]1OC(=O)[C@H]2C=C3CCCC[C@@H]3[C@@H]([C@@H]3CC4CCC(C)(C)[N+]4(C)O3)[C@@H]12. The molecule has 5 rings (SSSR count). The van der Waals surface area contributed by atoms with Crippen LogP contribution in [-0.2, 0) is 14.4 Å². The maximum atomic E-state index is 12.5. The molecule has 4 heteroatoms. The predicted octanol–water partition coefficient (Wildman–Crippen LogP) is 4.00. The van der Waals surface area contributed by atoms with Crippen LogP contribution in [0.1, 0.15) is 65.7 Å². The van der Waals surface area contributed by atoms with Gasteiger partial charge in [-0.3, -0.25) is 4.79 Å². The third-order valence-corrected chi connectivity index (χ3v) is 8.82. The molecule has 8 atom stereocenters. The van der Waals surface area contributed by atoms with Crippen molar-refractivity contribution in [3.8, 4) is 0 Å².